The topological polar surface area (TPSA) is 44.2 Å². The lowest BCUT2D eigenvalue weighted by atomic mass is 9.79. The number of aromatic nitrogens is 2. The number of nitrogens with zero attached hydrogens (tertiary/aromatic N) is 2. The van der Waals surface area contributed by atoms with Crippen molar-refractivity contribution in [3.63, 3.8) is 0 Å². The lowest BCUT2D eigenvalue weighted by molar-refractivity contribution is 0.00578. The molecular weight excluding hydrogens is 651 g/mol. The van der Waals surface area contributed by atoms with E-state index in [2.05, 4.69) is 161 Å². The predicted molar refractivity (Wildman–Crippen MR) is 218 cm³/mol. The minimum absolute atomic E-state index is 0.431. The largest absolute Gasteiger partial charge is 0.494 e. The first kappa shape index (κ1) is 33.7. The van der Waals surface area contributed by atoms with Gasteiger partial charge in [0.05, 0.1) is 34.5 Å². The first-order chi connectivity index (χ1) is 25.3. The van der Waals surface area contributed by atoms with Crippen LogP contribution >= 0.6 is 0 Å². The normalized spacial score (nSPS) is 15.0. The van der Waals surface area contributed by atoms with Gasteiger partial charge in [0.15, 0.2) is 8.07 Å². The van der Waals surface area contributed by atoms with E-state index >= 15 is 0 Å². The molecule has 1 saturated heterocycles. The van der Waals surface area contributed by atoms with Crippen molar-refractivity contribution in [1.29, 1.82) is 0 Å². The molecule has 1 aliphatic heterocycles. The van der Waals surface area contributed by atoms with Crippen LogP contribution in [0.2, 0.25) is 0 Å². The van der Waals surface area contributed by atoms with Gasteiger partial charge in [-0.05, 0) is 53.9 Å². The maximum absolute atomic E-state index is 6.56. The van der Waals surface area contributed by atoms with Gasteiger partial charge in [0.25, 0.3) is 0 Å². The average Bonchev–Trinajstić information content (AvgIpc) is 3.42. The molecule has 1 aromatic heterocycles. The summed E-state index contributed by atoms with van der Waals surface area (Å²) in [6, 6.07) is 60.5. The van der Waals surface area contributed by atoms with Crippen LogP contribution in [0, 0.1) is 0 Å². The Morgan fingerprint density at radius 1 is 0.462 bits per heavy atom. The highest BCUT2D eigenvalue weighted by molar-refractivity contribution is 7.20. The van der Waals surface area contributed by atoms with Crippen LogP contribution < -0.4 is 26.2 Å². The van der Waals surface area contributed by atoms with E-state index in [4.69, 9.17) is 19.3 Å². The number of benzene rings is 6. The van der Waals surface area contributed by atoms with Gasteiger partial charge in [-0.3, -0.25) is 4.98 Å². The maximum atomic E-state index is 6.56. The van der Waals surface area contributed by atoms with Crippen molar-refractivity contribution < 1.29 is 9.31 Å². The molecule has 52 heavy (non-hydrogen) atoms. The first-order valence-electron chi connectivity index (χ1n) is 17.9. The van der Waals surface area contributed by atoms with Gasteiger partial charge in [0.1, 0.15) is 0 Å². The van der Waals surface area contributed by atoms with E-state index in [9.17, 15) is 0 Å². The minimum Gasteiger partial charge on any atom is -0.399 e. The Balaban J connectivity index is 1.28. The van der Waals surface area contributed by atoms with Crippen molar-refractivity contribution >= 4 is 41.4 Å². The molecule has 0 aliphatic carbocycles. The summed E-state index contributed by atoms with van der Waals surface area (Å²) in [4.78, 5) is 10.3. The molecule has 0 spiro atoms. The van der Waals surface area contributed by atoms with Crippen LogP contribution in [0.1, 0.15) is 27.7 Å². The smallest absolute Gasteiger partial charge is 0.399 e. The summed E-state index contributed by atoms with van der Waals surface area (Å²) in [7, 11) is -3.30. The lowest BCUT2D eigenvalue weighted by Gasteiger charge is -2.35. The molecule has 6 heteroatoms. The van der Waals surface area contributed by atoms with Crippen molar-refractivity contribution in [3.8, 4) is 33.8 Å². The van der Waals surface area contributed by atoms with Crippen LogP contribution in [0.5, 0.6) is 0 Å². The third-order valence-corrected chi connectivity index (χ3v) is 15.5. The molecule has 1 aliphatic rings. The Labute approximate surface area is 308 Å². The van der Waals surface area contributed by atoms with Gasteiger partial charge >= 0.3 is 7.12 Å². The summed E-state index contributed by atoms with van der Waals surface area (Å²) in [6.45, 7) is 8.42. The monoisotopic (exact) mass is 692 g/mol. The molecular formula is C46H41BN2O2Si. The summed E-state index contributed by atoms with van der Waals surface area (Å²) < 4.78 is 13.1. The molecule has 0 bridgehead atoms. The SMILES string of the molecule is CC1(C)OB(c2cccc([Si](c3ccccc3)(c3ccccc3)c3ccc(-c4cnc(-c5ccccc5)c(-c5ccccc5)n4)cc3)c2)OC1(C)C. The molecule has 0 N–H and O–H groups in total. The molecule has 0 amide bonds. The summed E-state index contributed by atoms with van der Waals surface area (Å²) >= 11 is 0. The third-order valence-electron chi connectivity index (χ3n) is 10.7. The van der Waals surface area contributed by atoms with Crippen LogP contribution in [-0.4, -0.2) is 36.4 Å². The molecule has 4 nitrogen and oxygen atoms in total. The minimum atomic E-state index is -2.84. The third kappa shape index (κ3) is 6.03. The quantitative estimate of drug-likeness (QED) is 0.125. The second kappa shape index (κ2) is 13.6. The van der Waals surface area contributed by atoms with Crippen LogP contribution in [0.25, 0.3) is 33.8 Å². The van der Waals surface area contributed by atoms with Crippen molar-refractivity contribution in [2.24, 2.45) is 0 Å². The van der Waals surface area contributed by atoms with Crippen LogP contribution in [-0.2, 0) is 9.31 Å². The van der Waals surface area contributed by atoms with Crippen molar-refractivity contribution in [2.45, 2.75) is 38.9 Å². The summed E-state index contributed by atoms with van der Waals surface area (Å²) in [5.41, 5.74) is 5.83. The van der Waals surface area contributed by atoms with Crippen molar-refractivity contribution in [1.82, 2.24) is 9.97 Å². The molecule has 1 fully saturated rings. The van der Waals surface area contributed by atoms with Crippen molar-refractivity contribution in [2.75, 3.05) is 0 Å². The molecule has 0 saturated carbocycles. The van der Waals surface area contributed by atoms with Gasteiger partial charge in [0, 0.05) is 16.7 Å². The zero-order valence-corrected chi connectivity index (χ0v) is 31.0. The highest BCUT2D eigenvalue weighted by Crippen LogP contribution is 2.36. The maximum Gasteiger partial charge on any atom is 0.494 e. The molecule has 8 rings (SSSR count). The second-order valence-corrected chi connectivity index (χ2v) is 18.3. The van der Waals surface area contributed by atoms with Gasteiger partial charge in [-0.1, -0.05) is 170 Å². The van der Waals surface area contributed by atoms with E-state index in [1.165, 1.54) is 20.7 Å². The molecule has 7 aromatic rings. The van der Waals surface area contributed by atoms with E-state index in [0.29, 0.717) is 0 Å². The Kier molecular flexibility index (Phi) is 8.84. The van der Waals surface area contributed by atoms with Gasteiger partial charge in [-0.2, -0.15) is 0 Å². The van der Waals surface area contributed by atoms with Crippen LogP contribution in [0.3, 0.4) is 0 Å². The molecule has 254 valence electrons. The fraction of sp³-hybridized carbons (Fsp3) is 0.130. The number of rotatable bonds is 8. The summed E-state index contributed by atoms with van der Waals surface area (Å²) in [6.07, 6.45) is 1.90. The van der Waals surface area contributed by atoms with E-state index in [1.54, 1.807) is 0 Å². The zero-order chi connectivity index (χ0) is 35.8. The predicted octanol–water partition coefficient (Wildman–Crippen LogP) is 7.15. The Hall–Kier alpha value is -5.40. The van der Waals surface area contributed by atoms with E-state index in [-0.39, 0.29) is 0 Å². The standard InChI is InChI=1S/C46H41BN2O2Si/c1-45(2)46(3,4)51-47(50-45)37-22-17-27-41(32-37)52(38-23-13-7-14-24-38,39-25-15-8-16-26-39)40-30-28-34(29-31-40)42-33-48-43(35-18-9-5-10-19-35)44(49-42)36-20-11-6-12-21-36/h5-33H,1-4H3. The van der Waals surface area contributed by atoms with Gasteiger partial charge in [0.2, 0.25) is 0 Å². The van der Waals surface area contributed by atoms with Crippen LogP contribution in [0.15, 0.2) is 176 Å². The highest BCUT2D eigenvalue weighted by atomic mass is 28.3. The molecule has 2 heterocycles. The van der Waals surface area contributed by atoms with E-state index < -0.39 is 26.4 Å². The Morgan fingerprint density at radius 3 is 1.46 bits per heavy atom. The Bertz CT molecular complexity index is 2240. The van der Waals surface area contributed by atoms with Crippen LogP contribution in [0.4, 0.5) is 0 Å². The Morgan fingerprint density at radius 2 is 0.923 bits per heavy atom. The highest BCUT2D eigenvalue weighted by Gasteiger charge is 2.52. The molecule has 0 atom stereocenters. The first-order valence-corrected chi connectivity index (χ1v) is 19.9. The van der Waals surface area contributed by atoms with Gasteiger partial charge in [-0.15, -0.1) is 0 Å². The summed E-state index contributed by atoms with van der Waals surface area (Å²) in [5.74, 6) is 0. The fourth-order valence-electron chi connectivity index (χ4n) is 7.30. The van der Waals surface area contributed by atoms with E-state index in [0.717, 1.165) is 39.2 Å². The van der Waals surface area contributed by atoms with Gasteiger partial charge < -0.3 is 9.31 Å². The van der Waals surface area contributed by atoms with E-state index in [1.807, 2.05) is 42.6 Å². The number of hydrogen-bond acceptors (Lipinski definition) is 4. The molecule has 0 unspecified atom stereocenters. The molecule has 6 aromatic carbocycles. The zero-order valence-electron chi connectivity index (χ0n) is 30.0. The lowest BCUT2D eigenvalue weighted by Crippen LogP contribution is -2.75. The average molecular weight is 693 g/mol. The molecule has 0 radical (unpaired) electrons. The fourth-order valence-corrected chi connectivity index (χ4v) is 12.1. The van der Waals surface area contributed by atoms with Gasteiger partial charge in [-0.25, -0.2) is 4.98 Å². The second-order valence-electron chi connectivity index (χ2n) is 14.5. The summed E-state index contributed by atoms with van der Waals surface area (Å²) in [5, 5.41) is 5.15. The number of hydrogen-bond donors (Lipinski definition) is 0. The van der Waals surface area contributed by atoms with Crippen molar-refractivity contribution in [3.05, 3.63) is 176 Å².